The number of carbonyl (C=O) groups is 1. The van der Waals surface area contributed by atoms with Gasteiger partial charge >= 0.3 is 0 Å². The molecule has 76 valence electrons. The molecule has 1 rings (SSSR count). The molecular formula is C10H20N2O. The highest BCUT2D eigenvalue weighted by Gasteiger charge is 2.24. The molecule has 1 atom stereocenters. The molecule has 3 N–H and O–H groups in total. The third-order valence-corrected chi connectivity index (χ3v) is 2.39. The molecule has 1 aliphatic rings. The number of amides is 1. The van der Waals surface area contributed by atoms with Crippen LogP contribution in [0.4, 0.5) is 0 Å². The minimum Gasteiger partial charge on any atom is -0.355 e. The Bertz CT molecular complexity index is 166. The van der Waals surface area contributed by atoms with Gasteiger partial charge in [0, 0.05) is 19.0 Å². The Hall–Kier alpha value is -0.570. The van der Waals surface area contributed by atoms with Crippen LogP contribution in [0.25, 0.3) is 0 Å². The highest BCUT2D eigenvalue weighted by atomic mass is 16.1. The maximum atomic E-state index is 11.2. The molecule has 0 aromatic rings. The molecule has 3 heteroatoms. The van der Waals surface area contributed by atoms with E-state index < -0.39 is 0 Å². The summed E-state index contributed by atoms with van der Waals surface area (Å²) >= 11 is 0. The van der Waals surface area contributed by atoms with Gasteiger partial charge in [0.25, 0.3) is 0 Å². The van der Waals surface area contributed by atoms with Crippen LogP contribution in [0.2, 0.25) is 0 Å². The molecule has 1 saturated carbocycles. The quantitative estimate of drug-likeness (QED) is 0.648. The van der Waals surface area contributed by atoms with Crippen LogP contribution in [-0.2, 0) is 4.79 Å². The molecule has 13 heavy (non-hydrogen) atoms. The Morgan fingerprint density at radius 3 is 2.85 bits per heavy atom. The fraction of sp³-hybridized carbons (Fsp3) is 0.900. The van der Waals surface area contributed by atoms with E-state index >= 15 is 0 Å². The van der Waals surface area contributed by atoms with Crippen molar-refractivity contribution < 1.29 is 4.79 Å². The molecule has 1 fully saturated rings. The van der Waals surface area contributed by atoms with Gasteiger partial charge < -0.3 is 11.1 Å². The second-order valence-corrected chi connectivity index (χ2v) is 4.00. The second-order valence-electron chi connectivity index (χ2n) is 4.00. The molecule has 0 spiro atoms. The largest absolute Gasteiger partial charge is 0.355 e. The Labute approximate surface area is 80.1 Å². The van der Waals surface area contributed by atoms with Crippen LogP contribution in [0.3, 0.4) is 0 Å². The molecule has 0 heterocycles. The summed E-state index contributed by atoms with van der Waals surface area (Å²) in [6, 6.07) is 0.133. The van der Waals surface area contributed by atoms with Crippen molar-refractivity contribution in [3.05, 3.63) is 0 Å². The first-order valence-corrected chi connectivity index (χ1v) is 5.24. The van der Waals surface area contributed by atoms with E-state index in [2.05, 4.69) is 12.2 Å². The van der Waals surface area contributed by atoms with E-state index in [9.17, 15) is 4.79 Å². The van der Waals surface area contributed by atoms with Gasteiger partial charge in [0.05, 0.1) is 0 Å². The summed E-state index contributed by atoms with van der Waals surface area (Å²) in [5, 5.41) is 2.87. The number of hydrogen-bond acceptors (Lipinski definition) is 2. The fourth-order valence-electron chi connectivity index (χ4n) is 1.37. The minimum absolute atomic E-state index is 0.133. The molecular weight excluding hydrogens is 164 g/mol. The zero-order chi connectivity index (χ0) is 9.68. The Balaban J connectivity index is 1.99. The third-order valence-electron chi connectivity index (χ3n) is 2.39. The lowest BCUT2D eigenvalue weighted by atomic mass is 10.2. The van der Waals surface area contributed by atoms with E-state index in [1.54, 1.807) is 0 Å². The first-order chi connectivity index (χ1) is 6.22. The molecule has 0 aliphatic heterocycles. The molecule has 0 saturated heterocycles. The van der Waals surface area contributed by atoms with Gasteiger partial charge in [-0.1, -0.05) is 13.3 Å². The first-order valence-electron chi connectivity index (χ1n) is 5.24. The van der Waals surface area contributed by atoms with Crippen LogP contribution in [0.15, 0.2) is 0 Å². The summed E-state index contributed by atoms with van der Waals surface area (Å²) in [6.45, 7) is 2.74. The van der Waals surface area contributed by atoms with E-state index in [0.717, 1.165) is 12.8 Å². The van der Waals surface area contributed by atoms with Crippen LogP contribution in [-0.4, -0.2) is 18.5 Å². The number of carbonyl (C=O) groups excluding carboxylic acids is 1. The zero-order valence-corrected chi connectivity index (χ0v) is 8.38. The SMILES string of the molecule is CCCC(N)CNC(=O)CC1CC1. The second kappa shape index (κ2) is 5.22. The van der Waals surface area contributed by atoms with Crippen molar-refractivity contribution in [1.82, 2.24) is 5.32 Å². The van der Waals surface area contributed by atoms with E-state index in [1.165, 1.54) is 12.8 Å². The van der Waals surface area contributed by atoms with Gasteiger partial charge in [0.1, 0.15) is 0 Å². The van der Waals surface area contributed by atoms with Crippen LogP contribution < -0.4 is 11.1 Å². The van der Waals surface area contributed by atoms with Crippen molar-refractivity contribution in [3.8, 4) is 0 Å². The number of nitrogens with one attached hydrogen (secondary N) is 1. The summed E-state index contributed by atoms with van der Waals surface area (Å²) < 4.78 is 0. The van der Waals surface area contributed by atoms with E-state index in [4.69, 9.17) is 5.73 Å². The van der Waals surface area contributed by atoms with Crippen molar-refractivity contribution in [2.45, 2.75) is 45.1 Å². The Kier molecular flexibility index (Phi) is 4.22. The zero-order valence-electron chi connectivity index (χ0n) is 8.38. The maximum Gasteiger partial charge on any atom is 0.220 e. The monoisotopic (exact) mass is 184 g/mol. The van der Waals surface area contributed by atoms with E-state index in [-0.39, 0.29) is 11.9 Å². The Morgan fingerprint density at radius 1 is 1.62 bits per heavy atom. The predicted molar refractivity (Wildman–Crippen MR) is 53.2 cm³/mol. The van der Waals surface area contributed by atoms with Crippen LogP contribution in [0.1, 0.15) is 39.0 Å². The summed E-state index contributed by atoms with van der Waals surface area (Å²) in [4.78, 5) is 11.2. The number of nitrogens with two attached hydrogens (primary N) is 1. The highest BCUT2D eigenvalue weighted by Crippen LogP contribution is 2.31. The van der Waals surface area contributed by atoms with Gasteiger partial charge in [0.15, 0.2) is 0 Å². The maximum absolute atomic E-state index is 11.2. The van der Waals surface area contributed by atoms with Crippen molar-refractivity contribution in [2.24, 2.45) is 11.7 Å². The van der Waals surface area contributed by atoms with Crippen LogP contribution in [0.5, 0.6) is 0 Å². The lowest BCUT2D eigenvalue weighted by Crippen LogP contribution is -2.37. The fourth-order valence-corrected chi connectivity index (χ4v) is 1.37. The van der Waals surface area contributed by atoms with E-state index in [0.29, 0.717) is 18.9 Å². The van der Waals surface area contributed by atoms with Crippen molar-refractivity contribution in [1.29, 1.82) is 0 Å². The van der Waals surface area contributed by atoms with Crippen molar-refractivity contribution >= 4 is 5.91 Å². The first kappa shape index (κ1) is 10.5. The van der Waals surface area contributed by atoms with Gasteiger partial charge in [-0.3, -0.25) is 4.79 Å². The normalized spacial score (nSPS) is 18.3. The van der Waals surface area contributed by atoms with Crippen molar-refractivity contribution in [3.63, 3.8) is 0 Å². The summed E-state index contributed by atoms with van der Waals surface area (Å²) in [5.41, 5.74) is 5.76. The molecule has 0 bridgehead atoms. The summed E-state index contributed by atoms with van der Waals surface area (Å²) in [6.07, 6.45) is 5.24. The summed E-state index contributed by atoms with van der Waals surface area (Å²) in [5.74, 6) is 0.844. The molecule has 0 aromatic heterocycles. The molecule has 0 radical (unpaired) electrons. The molecule has 1 aliphatic carbocycles. The Morgan fingerprint density at radius 2 is 2.31 bits per heavy atom. The van der Waals surface area contributed by atoms with E-state index in [1.807, 2.05) is 0 Å². The molecule has 3 nitrogen and oxygen atoms in total. The molecule has 1 amide bonds. The third kappa shape index (κ3) is 4.88. The molecule has 1 unspecified atom stereocenters. The minimum atomic E-state index is 0.133. The average Bonchev–Trinajstić information content (AvgIpc) is 2.85. The van der Waals surface area contributed by atoms with Crippen LogP contribution in [0, 0.1) is 5.92 Å². The summed E-state index contributed by atoms with van der Waals surface area (Å²) in [7, 11) is 0. The van der Waals surface area contributed by atoms with Crippen molar-refractivity contribution in [2.75, 3.05) is 6.54 Å². The predicted octanol–water partition coefficient (Wildman–Crippen LogP) is 1.03. The standard InChI is InChI=1S/C10H20N2O/c1-2-3-9(11)7-12-10(13)6-8-4-5-8/h8-9H,2-7,11H2,1H3,(H,12,13). The van der Waals surface area contributed by atoms with Gasteiger partial charge in [0.2, 0.25) is 5.91 Å². The lowest BCUT2D eigenvalue weighted by molar-refractivity contribution is -0.121. The molecule has 0 aromatic carbocycles. The number of rotatable bonds is 6. The lowest BCUT2D eigenvalue weighted by Gasteiger charge is -2.11. The van der Waals surface area contributed by atoms with Gasteiger partial charge in [-0.15, -0.1) is 0 Å². The van der Waals surface area contributed by atoms with Gasteiger partial charge in [-0.2, -0.15) is 0 Å². The average molecular weight is 184 g/mol. The highest BCUT2D eigenvalue weighted by molar-refractivity contribution is 5.76. The number of hydrogen-bond donors (Lipinski definition) is 2. The van der Waals surface area contributed by atoms with Gasteiger partial charge in [-0.05, 0) is 25.2 Å². The van der Waals surface area contributed by atoms with Gasteiger partial charge in [-0.25, -0.2) is 0 Å². The topological polar surface area (TPSA) is 55.1 Å². The smallest absolute Gasteiger partial charge is 0.220 e. The van der Waals surface area contributed by atoms with Crippen LogP contribution >= 0.6 is 0 Å².